The van der Waals surface area contributed by atoms with E-state index in [-0.39, 0.29) is 53.6 Å². The van der Waals surface area contributed by atoms with Gasteiger partial charge < -0.3 is 25.5 Å². The molecule has 4 rings (SSSR count). The van der Waals surface area contributed by atoms with E-state index in [9.17, 15) is 4.79 Å². The Morgan fingerprint density at radius 1 is 0.766 bits per heavy atom. The number of nitrogens with zero attached hydrogens (tertiary/aromatic N) is 2. The second-order valence-corrected chi connectivity index (χ2v) is 18.2. The van der Waals surface area contributed by atoms with Gasteiger partial charge in [0.05, 0.1) is 41.5 Å². The molecule has 2 radical (unpaired) electrons. The number of aliphatic hydroxyl groups excluding tert-OH is 1. The number of esters is 1. The number of hydrogen-bond donors (Lipinski definition) is 1. The van der Waals surface area contributed by atoms with Gasteiger partial charge >= 0.3 is 5.97 Å². The molecular weight excluding hydrogens is 832 g/mol. The monoisotopic (exact) mass is 884 g/mol. The number of carbonyl (C=O) groups is 1. The first-order valence-corrected chi connectivity index (χ1v) is 17.2. The number of aromatic nitrogens is 2. The van der Waals surface area contributed by atoms with E-state index >= 15 is 0 Å². The first kappa shape index (κ1) is 50.5. The summed E-state index contributed by atoms with van der Waals surface area (Å²) < 4.78 is 12.9. The fourth-order valence-electron chi connectivity index (χ4n) is 3.93. The van der Waals surface area contributed by atoms with Gasteiger partial charge in [-0.25, -0.2) is 4.79 Å². The number of rotatable bonds is 2. The van der Waals surface area contributed by atoms with Gasteiger partial charge in [0.1, 0.15) is 0 Å². The van der Waals surface area contributed by atoms with E-state index in [2.05, 4.69) is 124 Å². The molecule has 12 heteroatoms. The number of aliphatic hydroxyl groups is 1. The van der Waals surface area contributed by atoms with Crippen molar-refractivity contribution >= 4 is 108 Å². The number of hydrogen-bond acceptors (Lipinski definition) is 6. The van der Waals surface area contributed by atoms with E-state index in [0.717, 1.165) is 45.6 Å². The van der Waals surface area contributed by atoms with Crippen molar-refractivity contribution in [3.8, 4) is 0 Å². The molecule has 47 heavy (non-hydrogen) atoms. The van der Waals surface area contributed by atoms with Gasteiger partial charge in [0.2, 0.25) is 0 Å². The molecule has 0 saturated heterocycles. The van der Waals surface area contributed by atoms with Crippen LogP contribution < -0.4 is 0 Å². The minimum absolute atomic E-state index is 0. The first-order valence-electron chi connectivity index (χ1n) is 14.4. The van der Waals surface area contributed by atoms with Crippen molar-refractivity contribution in [1.82, 2.24) is 9.97 Å². The van der Waals surface area contributed by atoms with Gasteiger partial charge in [-0.3, -0.25) is 9.97 Å². The Morgan fingerprint density at radius 3 is 1.49 bits per heavy atom. The van der Waals surface area contributed by atoms with Crippen molar-refractivity contribution in [1.29, 1.82) is 0 Å². The average molecular weight is 885 g/mol. The maximum absolute atomic E-state index is 11.4. The summed E-state index contributed by atoms with van der Waals surface area (Å²) in [5.74, 6) is -0.318. The Balaban J connectivity index is -0.000000576. The van der Waals surface area contributed by atoms with Gasteiger partial charge in [0.25, 0.3) is 0 Å². The molecule has 0 atom stereocenters. The second kappa shape index (κ2) is 22.1. The summed E-state index contributed by atoms with van der Waals surface area (Å²) in [5.41, 5.74) is 5.61. The van der Waals surface area contributed by atoms with Crippen molar-refractivity contribution in [3.05, 3.63) is 78.2 Å². The van der Waals surface area contributed by atoms with Gasteiger partial charge in [-0.1, -0.05) is 25.0 Å². The standard InChI is InChI=1S/C12H10INO2.C11H10INO.C8H18O.C4H9.Al.Li.2H2O.H/c1-7-3-8-4-9(12(15)16-2)5-10(13)11(8)14-6-7;1-7-2-9-3-8(6-14)4-10(12)11(9)13-5-7;1-7(2,3)9-8(4,5)6;1-4(2)3;;;;;/h3-6H,1-2H3;2-5,14H,6H2,1H3;1-6H3;1-3H3;;;2*1H2;. The fraction of sp³-hybridized carbons (Fsp3) is 0.457. The van der Waals surface area contributed by atoms with Crippen molar-refractivity contribution in [3.63, 3.8) is 0 Å². The van der Waals surface area contributed by atoms with Crippen LogP contribution in [0.1, 0.15) is 89.4 Å². The third-order valence-electron chi connectivity index (χ3n) is 5.02. The van der Waals surface area contributed by atoms with Gasteiger partial charge in [-0.05, 0) is 154 Å². The molecule has 0 fully saturated rings. The van der Waals surface area contributed by atoms with Crippen LogP contribution in [0, 0.1) is 21.0 Å². The minimum Gasteiger partial charge on any atom is -0.465 e. The molecule has 2 aromatic heterocycles. The van der Waals surface area contributed by atoms with Crippen molar-refractivity contribution in [2.45, 2.75) is 98.2 Å². The van der Waals surface area contributed by atoms with Gasteiger partial charge in [0, 0.05) is 49.2 Å². The van der Waals surface area contributed by atoms with E-state index in [4.69, 9.17) is 14.6 Å². The van der Waals surface area contributed by atoms with Gasteiger partial charge in [-0.2, -0.15) is 0 Å². The second-order valence-electron chi connectivity index (χ2n) is 13.7. The molecule has 2 aromatic carbocycles. The molecular formula is C35H52AlI2LiN2O6. The maximum atomic E-state index is 11.4. The summed E-state index contributed by atoms with van der Waals surface area (Å²) >= 11 is 6.43. The van der Waals surface area contributed by atoms with Gasteiger partial charge in [0.15, 0.2) is 16.3 Å². The summed E-state index contributed by atoms with van der Waals surface area (Å²) in [6.45, 7) is 23.1. The molecule has 256 valence electrons. The Labute approximate surface area is 329 Å². The van der Waals surface area contributed by atoms with Crippen LogP contribution in [-0.4, -0.2) is 85.5 Å². The van der Waals surface area contributed by atoms with Crippen LogP contribution in [-0.2, 0) is 16.1 Å². The van der Waals surface area contributed by atoms with Crippen LogP contribution in [0.25, 0.3) is 21.8 Å². The zero-order chi connectivity index (χ0) is 34.0. The topological polar surface area (TPSA) is 145 Å². The van der Waals surface area contributed by atoms with Crippen LogP contribution in [0.3, 0.4) is 0 Å². The van der Waals surface area contributed by atoms with Crippen LogP contribution in [0.4, 0.5) is 0 Å². The Morgan fingerprint density at radius 2 is 1.15 bits per heavy atom. The van der Waals surface area contributed by atoms with Crippen molar-refractivity contribution < 1.29 is 30.3 Å². The van der Waals surface area contributed by atoms with Crippen LogP contribution in [0.2, 0.25) is 4.28 Å². The Hall–Kier alpha value is -0.840. The molecule has 0 saturated carbocycles. The SMILES string of the molecule is CC(C)(C)OC(C)(C)C.COC(=O)c1cc(I)c2ncc(C)cc2c1.C[C](C)(C)[AlH].Cc1cnc2c(I)cc(CO)cc2c1.O.O.[Li]. The molecule has 0 spiro atoms. The third kappa shape index (κ3) is 21.1. The zero-order valence-corrected chi connectivity index (χ0v) is 36.1. The van der Waals surface area contributed by atoms with E-state index in [1.165, 1.54) is 7.11 Å². The average Bonchev–Trinajstić information content (AvgIpc) is 2.85. The third-order valence-corrected chi connectivity index (χ3v) is 6.67. The predicted octanol–water partition coefficient (Wildman–Crippen LogP) is 7.25. The van der Waals surface area contributed by atoms with E-state index < -0.39 is 0 Å². The van der Waals surface area contributed by atoms with E-state index in [1.54, 1.807) is 6.07 Å². The fourth-order valence-corrected chi connectivity index (χ4v) is 5.57. The van der Waals surface area contributed by atoms with E-state index in [1.807, 2.05) is 66.8 Å². The van der Waals surface area contributed by atoms with Crippen molar-refractivity contribution in [2.24, 2.45) is 0 Å². The summed E-state index contributed by atoms with van der Waals surface area (Å²) in [6.07, 6.45) is 3.69. The minimum atomic E-state index is -0.318. The number of halogens is 2. The van der Waals surface area contributed by atoms with Gasteiger partial charge in [-0.15, -0.1) is 0 Å². The number of ether oxygens (including phenoxy) is 2. The first-order chi connectivity index (χ1) is 20.0. The zero-order valence-electron chi connectivity index (χ0n) is 30.4. The number of carbonyl (C=O) groups excluding carboxylic acids is 1. The summed E-state index contributed by atoms with van der Waals surface area (Å²) in [6, 6.07) is 11.6. The van der Waals surface area contributed by atoms with Crippen LogP contribution >= 0.6 is 45.2 Å². The molecule has 4 aromatic rings. The molecule has 8 nitrogen and oxygen atoms in total. The maximum Gasteiger partial charge on any atom is 0.337 e. The van der Waals surface area contributed by atoms with Crippen LogP contribution in [0.5, 0.6) is 0 Å². The van der Waals surface area contributed by atoms with E-state index in [0.29, 0.717) is 9.84 Å². The molecule has 2 heterocycles. The Bertz CT molecular complexity index is 1530. The summed E-state index contributed by atoms with van der Waals surface area (Å²) in [7, 11) is 1.38. The smallest absolute Gasteiger partial charge is 0.337 e. The number of pyridine rings is 2. The molecule has 0 aliphatic carbocycles. The molecule has 0 aliphatic rings. The molecule has 0 amide bonds. The quantitative estimate of drug-likeness (QED) is 0.128. The van der Waals surface area contributed by atoms with Crippen molar-refractivity contribution in [2.75, 3.05) is 7.11 Å². The molecule has 0 aliphatic heterocycles. The molecule has 5 N–H and O–H groups in total. The number of fused-ring (bicyclic) bond motifs is 2. The molecule has 0 unspecified atom stereocenters. The largest absolute Gasteiger partial charge is 0.465 e. The summed E-state index contributed by atoms with van der Waals surface area (Å²) in [5, 5.41) is 11.1. The number of benzene rings is 2. The predicted molar refractivity (Wildman–Crippen MR) is 216 cm³/mol. The van der Waals surface area contributed by atoms with Crippen LogP contribution in [0.15, 0.2) is 48.8 Å². The number of methoxy groups -OCH3 is 1. The normalized spacial score (nSPS) is 10.7. The Kier molecular flexibility index (Phi) is 23.7. The summed E-state index contributed by atoms with van der Waals surface area (Å²) in [4.78, 5) is 20.2. The molecule has 0 bridgehead atoms. The number of aryl methyl sites for hydroxylation is 2.